The molecule has 0 saturated carbocycles. The Morgan fingerprint density at radius 2 is 1.67 bits per heavy atom. The number of hydrogen-bond donors (Lipinski definition) is 1. The summed E-state index contributed by atoms with van der Waals surface area (Å²) >= 11 is 0. The van der Waals surface area contributed by atoms with Crippen molar-refractivity contribution < 1.29 is 0 Å². The van der Waals surface area contributed by atoms with Crippen LogP contribution in [0.2, 0.25) is 0 Å². The molecule has 0 radical (unpaired) electrons. The molecule has 1 atom stereocenters. The maximum Gasteiger partial charge on any atom is 0.0446 e. The number of nitrogens with two attached hydrogens (primary N) is 1. The van der Waals surface area contributed by atoms with Gasteiger partial charge in [-0.2, -0.15) is 0 Å². The average Bonchev–Trinajstić information content (AvgIpc) is 2.86. The van der Waals surface area contributed by atoms with Crippen LogP contribution in [-0.2, 0) is 0 Å². The van der Waals surface area contributed by atoms with E-state index in [1.165, 1.54) is 16.8 Å². The lowest BCUT2D eigenvalue weighted by molar-refractivity contribution is 0.752. The molecular weight excluding hydrogens is 220 g/mol. The van der Waals surface area contributed by atoms with Crippen LogP contribution >= 0.6 is 0 Å². The number of anilines is 1. The fourth-order valence-corrected chi connectivity index (χ4v) is 2.62. The quantitative estimate of drug-likeness (QED) is 0.871. The van der Waals surface area contributed by atoms with Crippen LogP contribution in [0.15, 0.2) is 54.6 Å². The fraction of sp³-hybridized carbons (Fsp3) is 0.250. The number of para-hydroxylation sites is 1. The van der Waals surface area contributed by atoms with Crippen molar-refractivity contribution in [3.63, 3.8) is 0 Å². The predicted octanol–water partition coefficient (Wildman–Crippen LogP) is 2.89. The molecule has 1 unspecified atom stereocenters. The Hall–Kier alpha value is -1.80. The third-order valence-electron chi connectivity index (χ3n) is 3.55. The van der Waals surface area contributed by atoms with Crippen LogP contribution in [0.3, 0.4) is 0 Å². The molecule has 1 saturated heterocycles. The van der Waals surface area contributed by atoms with Crippen LogP contribution in [0.25, 0.3) is 11.1 Å². The summed E-state index contributed by atoms with van der Waals surface area (Å²) in [5, 5.41) is 0. The van der Waals surface area contributed by atoms with Gasteiger partial charge in [0.15, 0.2) is 0 Å². The Kier molecular flexibility index (Phi) is 3.03. The van der Waals surface area contributed by atoms with Crippen molar-refractivity contribution in [2.75, 3.05) is 18.0 Å². The molecule has 2 aromatic carbocycles. The highest BCUT2D eigenvalue weighted by Gasteiger charge is 2.21. The summed E-state index contributed by atoms with van der Waals surface area (Å²) in [5.41, 5.74) is 9.88. The zero-order valence-corrected chi connectivity index (χ0v) is 10.4. The molecule has 0 spiro atoms. The SMILES string of the molecule is NC1CCN(c2ccccc2-c2ccccc2)C1. The molecule has 0 amide bonds. The van der Waals surface area contributed by atoms with E-state index in [0.29, 0.717) is 6.04 Å². The van der Waals surface area contributed by atoms with Gasteiger partial charge in [-0.3, -0.25) is 0 Å². The summed E-state index contributed by atoms with van der Waals surface area (Å²) in [4.78, 5) is 2.40. The molecule has 2 N–H and O–H groups in total. The molecule has 92 valence electrons. The Labute approximate surface area is 108 Å². The first kappa shape index (κ1) is 11.3. The Balaban J connectivity index is 2.00. The first-order chi connectivity index (χ1) is 8.84. The zero-order valence-electron chi connectivity index (χ0n) is 10.4. The zero-order chi connectivity index (χ0) is 12.4. The van der Waals surface area contributed by atoms with Gasteiger partial charge in [-0.1, -0.05) is 48.5 Å². The summed E-state index contributed by atoms with van der Waals surface area (Å²) < 4.78 is 0. The van der Waals surface area contributed by atoms with Crippen molar-refractivity contribution in [3.8, 4) is 11.1 Å². The molecular formula is C16H18N2. The Morgan fingerprint density at radius 1 is 0.944 bits per heavy atom. The first-order valence-corrected chi connectivity index (χ1v) is 6.49. The van der Waals surface area contributed by atoms with Gasteiger partial charge in [0.05, 0.1) is 0 Å². The third kappa shape index (κ3) is 2.12. The highest BCUT2D eigenvalue weighted by atomic mass is 15.2. The lowest BCUT2D eigenvalue weighted by Gasteiger charge is -2.21. The van der Waals surface area contributed by atoms with E-state index in [0.717, 1.165) is 19.5 Å². The molecule has 1 fully saturated rings. The van der Waals surface area contributed by atoms with E-state index in [1.54, 1.807) is 0 Å². The molecule has 1 aliphatic rings. The van der Waals surface area contributed by atoms with E-state index in [1.807, 2.05) is 0 Å². The molecule has 2 nitrogen and oxygen atoms in total. The second-order valence-corrected chi connectivity index (χ2v) is 4.88. The van der Waals surface area contributed by atoms with Gasteiger partial charge in [0, 0.05) is 30.4 Å². The van der Waals surface area contributed by atoms with E-state index in [4.69, 9.17) is 5.73 Å². The molecule has 0 aromatic heterocycles. The summed E-state index contributed by atoms with van der Waals surface area (Å²) in [6, 6.07) is 19.4. The number of rotatable bonds is 2. The summed E-state index contributed by atoms with van der Waals surface area (Å²) in [6.45, 7) is 2.02. The second-order valence-electron chi connectivity index (χ2n) is 4.88. The standard InChI is InChI=1S/C16H18N2/c17-14-10-11-18(12-14)16-9-5-4-8-15(16)13-6-2-1-3-7-13/h1-9,14H,10-12,17H2. The summed E-state index contributed by atoms with van der Waals surface area (Å²) in [7, 11) is 0. The van der Waals surface area contributed by atoms with Gasteiger partial charge in [-0.25, -0.2) is 0 Å². The largest absolute Gasteiger partial charge is 0.369 e. The van der Waals surface area contributed by atoms with Gasteiger partial charge >= 0.3 is 0 Å². The van der Waals surface area contributed by atoms with E-state index in [9.17, 15) is 0 Å². The highest BCUT2D eigenvalue weighted by Crippen LogP contribution is 2.32. The monoisotopic (exact) mass is 238 g/mol. The van der Waals surface area contributed by atoms with Gasteiger partial charge in [0.1, 0.15) is 0 Å². The van der Waals surface area contributed by atoms with Crippen LogP contribution in [0.1, 0.15) is 6.42 Å². The molecule has 2 heteroatoms. The number of nitrogens with zero attached hydrogens (tertiary/aromatic N) is 1. The maximum atomic E-state index is 6.01. The van der Waals surface area contributed by atoms with Crippen molar-refractivity contribution in [1.29, 1.82) is 0 Å². The van der Waals surface area contributed by atoms with Crippen LogP contribution in [-0.4, -0.2) is 19.1 Å². The van der Waals surface area contributed by atoms with Gasteiger partial charge in [-0.15, -0.1) is 0 Å². The molecule has 3 rings (SSSR count). The van der Waals surface area contributed by atoms with E-state index in [2.05, 4.69) is 59.5 Å². The van der Waals surface area contributed by atoms with Crippen LogP contribution in [0, 0.1) is 0 Å². The van der Waals surface area contributed by atoms with Crippen LogP contribution < -0.4 is 10.6 Å². The van der Waals surface area contributed by atoms with Crippen molar-refractivity contribution in [2.24, 2.45) is 5.73 Å². The minimum atomic E-state index is 0.314. The molecule has 0 aliphatic carbocycles. The molecule has 1 heterocycles. The lowest BCUT2D eigenvalue weighted by atomic mass is 10.0. The number of hydrogen-bond acceptors (Lipinski definition) is 2. The topological polar surface area (TPSA) is 29.3 Å². The average molecular weight is 238 g/mol. The molecule has 0 bridgehead atoms. The minimum Gasteiger partial charge on any atom is -0.369 e. The maximum absolute atomic E-state index is 6.01. The van der Waals surface area contributed by atoms with Gasteiger partial charge in [0.25, 0.3) is 0 Å². The second kappa shape index (κ2) is 4.83. The fourth-order valence-electron chi connectivity index (χ4n) is 2.62. The minimum absolute atomic E-state index is 0.314. The van der Waals surface area contributed by atoms with Crippen molar-refractivity contribution in [1.82, 2.24) is 0 Å². The van der Waals surface area contributed by atoms with Crippen LogP contribution in [0.4, 0.5) is 5.69 Å². The Morgan fingerprint density at radius 3 is 2.39 bits per heavy atom. The molecule has 1 aliphatic heterocycles. The molecule has 2 aromatic rings. The van der Waals surface area contributed by atoms with Crippen molar-refractivity contribution in [2.45, 2.75) is 12.5 Å². The third-order valence-corrected chi connectivity index (χ3v) is 3.55. The van der Waals surface area contributed by atoms with E-state index >= 15 is 0 Å². The highest BCUT2D eigenvalue weighted by molar-refractivity contribution is 5.78. The molecule has 18 heavy (non-hydrogen) atoms. The van der Waals surface area contributed by atoms with E-state index in [-0.39, 0.29) is 0 Å². The predicted molar refractivity (Wildman–Crippen MR) is 76.7 cm³/mol. The van der Waals surface area contributed by atoms with Gasteiger partial charge in [0.2, 0.25) is 0 Å². The first-order valence-electron chi connectivity index (χ1n) is 6.49. The summed E-state index contributed by atoms with van der Waals surface area (Å²) in [6.07, 6.45) is 1.09. The van der Waals surface area contributed by atoms with Crippen molar-refractivity contribution >= 4 is 5.69 Å². The van der Waals surface area contributed by atoms with Crippen LogP contribution in [0.5, 0.6) is 0 Å². The normalized spacial score (nSPS) is 19.2. The van der Waals surface area contributed by atoms with Gasteiger partial charge < -0.3 is 10.6 Å². The van der Waals surface area contributed by atoms with Crippen molar-refractivity contribution in [3.05, 3.63) is 54.6 Å². The van der Waals surface area contributed by atoms with E-state index < -0.39 is 0 Å². The number of benzene rings is 2. The summed E-state index contributed by atoms with van der Waals surface area (Å²) in [5.74, 6) is 0. The van der Waals surface area contributed by atoms with Gasteiger partial charge in [-0.05, 0) is 18.1 Å². The Bertz CT molecular complexity index is 522. The lowest BCUT2D eigenvalue weighted by Crippen LogP contribution is -2.26. The smallest absolute Gasteiger partial charge is 0.0446 e.